The minimum Gasteiger partial charge on any atom is -0.492 e. The summed E-state index contributed by atoms with van der Waals surface area (Å²) in [5, 5.41) is 18.2. The van der Waals surface area contributed by atoms with Gasteiger partial charge in [-0.25, -0.2) is 0 Å². The topological polar surface area (TPSA) is 52.9 Å². The van der Waals surface area contributed by atoms with Crippen LogP contribution in [0.1, 0.15) is 13.8 Å². The van der Waals surface area contributed by atoms with Crippen molar-refractivity contribution in [2.24, 2.45) is 0 Å². The molecule has 0 aliphatic carbocycles. The predicted molar refractivity (Wildman–Crippen MR) is 84.7 cm³/mol. The van der Waals surface area contributed by atoms with E-state index in [0.717, 1.165) is 19.6 Å². The second-order valence-corrected chi connectivity index (χ2v) is 7.48. The normalized spacial score (nSPS) is 18.8. The molecule has 1 saturated heterocycles. The standard InChI is InChI=1S/C14H22BNO3S/c1-14(2)11-16(7-9-20-14)6-8-19-13-5-3-4-12(10-13)15(17)18/h3-5,10,17-18H,6-9,11H2,1-2H3. The summed E-state index contributed by atoms with van der Waals surface area (Å²) in [7, 11) is -1.45. The molecular formula is C14H22BNO3S. The summed E-state index contributed by atoms with van der Waals surface area (Å²) >= 11 is 2.02. The molecule has 0 bridgehead atoms. The molecule has 20 heavy (non-hydrogen) atoms. The summed E-state index contributed by atoms with van der Waals surface area (Å²) in [6.45, 7) is 8.25. The Hall–Kier alpha value is -0.685. The van der Waals surface area contributed by atoms with Crippen LogP contribution in [0.5, 0.6) is 5.75 Å². The van der Waals surface area contributed by atoms with Gasteiger partial charge in [0.1, 0.15) is 12.4 Å². The fourth-order valence-electron chi connectivity index (χ4n) is 2.36. The lowest BCUT2D eigenvalue weighted by Gasteiger charge is -2.37. The van der Waals surface area contributed by atoms with Crippen LogP contribution in [0.4, 0.5) is 0 Å². The summed E-state index contributed by atoms with van der Waals surface area (Å²) in [5.74, 6) is 1.85. The minimum absolute atomic E-state index is 0.319. The van der Waals surface area contributed by atoms with Gasteiger partial charge in [-0.15, -0.1) is 0 Å². The number of ether oxygens (including phenoxy) is 1. The lowest BCUT2D eigenvalue weighted by Crippen LogP contribution is -2.44. The van der Waals surface area contributed by atoms with Crippen LogP contribution in [-0.2, 0) is 0 Å². The van der Waals surface area contributed by atoms with E-state index in [1.165, 1.54) is 5.75 Å². The third kappa shape index (κ3) is 4.70. The quantitative estimate of drug-likeness (QED) is 0.778. The fourth-order valence-corrected chi connectivity index (χ4v) is 3.54. The van der Waals surface area contributed by atoms with Crippen molar-refractivity contribution in [3.8, 4) is 5.75 Å². The number of hydrogen-bond donors (Lipinski definition) is 2. The Morgan fingerprint density at radius 3 is 2.90 bits per heavy atom. The molecule has 1 aromatic carbocycles. The maximum atomic E-state index is 9.12. The van der Waals surface area contributed by atoms with Crippen molar-refractivity contribution in [3.05, 3.63) is 24.3 Å². The van der Waals surface area contributed by atoms with E-state index < -0.39 is 7.12 Å². The van der Waals surface area contributed by atoms with E-state index in [9.17, 15) is 0 Å². The monoisotopic (exact) mass is 295 g/mol. The van der Waals surface area contributed by atoms with Crippen molar-refractivity contribution in [2.45, 2.75) is 18.6 Å². The highest BCUT2D eigenvalue weighted by Gasteiger charge is 2.26. The Balaban J connectivity index is 1.79. The Morgan fingerprint density at radius 1 is 1.40 bits per heavy atom. The first-order valence-electron chi connectivity index (χ1n) is 6.91. The van der Waals surface area contributed by atoms with Gasteiger partial charge in [-0.05, 0) is 31.4 Å². The number of thioether (sulfide) groups is 1. The number of hydrogen-bond acceptors (Lipinski definition) is 5. The Bertz CT molecular complexity index is 442. The number of rotatable bonds is 5. The molecule has 0 atom stereocenters. The van der Waals surface area contributed by atoms with Crippen LogP contribution < -0.4 is 10.2 Å². The molecule has 1 aliphatic rings. The summed E-state index contributed by atoms with van der Waals surface area (Å²) in [6.07, 6.45) is 0. The van der Waals surface area contributed by atoms with Gasteiger partial charge in [0, 0.05) is 30.1 Å². The minimum atomic E-state index is -1.45. The maximum Gasteiger partial charge on any atom is 0.488 e. The van der Waals surface area contributed by atoms with E-state index >= 15 is 0 Å². The van der Waals surface area contributed by atoms with Crippen LogP contribution in [0.2, 0.25) is 0 Å². The largest absolute Gasteiger partial charge is 0.492 e. The van der Waals surface area contributed by atoms with Crippen LogP contribution in [0.3, 0.4) is 0 Å². The summed E-state index contributed by atoms with van der Waals surface area (Å²) in [6, 6.07) is 6.94. The average Bonchev–Trinajstić information content (AvgIpc) is 2.38. The zero-order valence-electron chi connectivity index (χ0n) is 12.1. The van der Waals surface area contributed by atoms with E-state index in [-0.39, 0.29) is 0 Å². The van der Waals surface area contributed by atoms with Crippen LogP contribution in [-0.4, -0.2) is 58.8 Å². The molecule has 0 saturated carbocycles. The Labute approximate surface area is 125 Å². The van der Waals surface area contributed by atoms with Gasteiger partial charge in [0.05, 0.1) is 0 Å². The van der Waals surface area contributed by atoms with Crippen LogP contribution in [0, 0.1) is 0 Å². The fraction of sp³-hybridized carbons (Fsp3) is 0.571. The van der Waals surface area contributed by atoms with Gasteiger partial charge < -0.3 is 14.8 Å². The molecule has 2 N–H and O–H groups in total. The van der Waals surface area contributed by atoms with Gasteiger partial charge in [0.15, 0.2) is 0 Å². The third-order valence-electron chi connectivity index (χ3n) is 3.34. The Morgan fingerprint density at radius 2 is 2.20 bits per heavy atom. The zero-order valence-corrected chi connectivity index (χ0v) is 12.9. The first-order chi connectivity index (χ1) is 9.46. The van der Waals surface area contributed by atoms with Crippen molar-refractivity contribution < 1.29 is 14.8 Å². The lowest BCUT2D eigenvalue weighted by molar-refractivity contribution is 0.202. The van der Waals surface area contributed by atoms with Crippen LogP contribution in [0.25, 0.3) is 0 Å². The van der Waals surface area contributed by atoms with Crippen molar-refractivity contribution in [2.75, 3.05) is 32.0 Å². The number of nitrogens with zero attached hydrogens (tertiary/aromatic N) is 1. The van der Waals surface area contributed by atoms with Crippen molar-refractivity contribution in [3.63, 3.8) is 0 Å². The molecule has 110 valence electrons. The van der Waals surface area contributed by atoms with E-state index in [1.807, 2.05) is 17.8 Å². The molecule has 1 heterocycles. The van der Waals surface area contributed by atoms with Gasteiger partial charge in [0.25, 0.3) is 0 Å². The molecule has 1 aromatic rings. The molecule has 2 rings (SSSR count). The average molecular weight is 295 g/mol. The van der Waals surface area contributed by atoms with Gasteiger partial charge >= 0.3 is 7.12 Å². The lowest BCUT2D eigenvalue weighted by atomic mass is 9.80. The van der Waals surface area contributed by atoms with E-state index in [0.29, 0.717) is 22.6 Å². The zero-order chi connectivity index (χ0) is 14.6. The first-order valence-corrected chi connectivity index (χ1v) is 7.90. The van der Waals surface area contributed by atoms with E-state index in [2.05, 4.69) is 18.7 Å². The van der Waals surface area contributed by atoms with E-state index in [4.69, 9.17) is 14.8 Å². The summed E-state index contributed by atoms with van der Waals surface area (Å²) < 4.78 is 6.02. The van der Waals surface area contributed by atoms with Gasteiger partial charge in [-0.1, -0.05) is 12.1 Å². The maximum absolute atomic E-state index is 9.12. The molecular weight excluding hydrogens is 273 g/mol. The molecule has 6 heteroatoms. The SMILES string of the molecule is CC1(C)CN(CCOc2cccc(B(O)O)c2)CCS1. The smallest absolute Gasteiger partial charge is 0.488 e. The molecule has 0 amide bonds. The molecule has 1 aliphatic heterocycles. The van der Waals surface area contributed by atoms with Crippen LogP contribution in [0.15, 0.2) is 24.3 Å². The van der Waals surface area contributed by atoms with Crippen LogP contribution >= 0.6 is 11.8 Å². The molecule has 4 nitrogen and oxygen atoms in total. The van der Waals surface area contributed by atoms with Gasteiger partial charge in [0.2, 0.25) is 0 Å². The second-order valence-electron chi connectivity index (χ2n) is 5.68. The molecule has 0 radical (unpaired) electrons. The highest BCUT2D eigenvalue weighted by atomic mass is 32.2. The second kappa shape index (κ2) is 6.85. The number of benzene rings is 1. The van der Waals surface area contributed by atoms with Gasteiger partial charge in [-0.2, -0.15) is 11.8 Å². The molecule has 0 spiro atoms. The van der Waals surface area contributed by atoms with Crippen molar-refractivity contribution in [1.29, 1.82) is 0 Å². The molecule has 0 aromatic heterocycles. The van der Waals surface area contributed by atoms with Crippen molar-refractivity contribution >= 4 is 24.3 Å². The third-order valence-corrected chi connectivity index (χ3v) is 4.63. The highest BCUT2D eigenvalue weighted by molar-refractivity contribution is 8.00. The Kier molecular flexibility index (Phi) is 5.38. The molecule has 1 fully saturated rings. The summed E-state index contributed by atoms with van der Waals surface area (Å²) in [5.41, 5.74) is 0.456. The van der Waals surface area contributed by atoms with E-state index in [1.54, 1.807) is 18.2 Å². The highest BCUT2D eigenvalue weighted by Crippen LogP contribution is 2.29. The first kappa shape index (κ1) is 15.7. The summed E-state index contributed by atoms with van der Waals surface area (Å²) in [4.78, 5) is 2.42. The van der Waals surface area contributed by atoms with Crippen molar-refractivity contribution in [1.82, 2.24) is 4.90 Å². The predicted octanol–water partition coefficient (Wildman–Crippen LogP) is 0.573. The van der Waals surface area contributed by atoms with Gasteiger partial charge in [-0.3, -0.25) is 4.90 Å². The molecule has 0 unspecified atom stereocenters.